The third kappa shape index (κ3) is 4.79. The molecule has 0 bridgehead atoms. The van der Waals surface area contributed by atoms with E-state index in [9.17, 15) is 30.8 Å². The van der Waals surface area contributed by atoms with E-state index in [0.717, 1.165) is 35.5 Å². The molecule has 11 heteroatoms. The summed E-state index contributed by atoms with van der Waals surface area (Å²) in [6, 6.07) is 7.79. The molecule has 1 aliphatic rings. The second-order valence-corrected chi connectivity index (χ2v) is 10.5. The first-order valence-corrected chi connectivity index (χ1v) is 12.4. The van der Waals surface area contributed by atoms with Crippen molar-refractivity contribution in [2.45, 2.75) is 43.3 Å². The molecule has 1 saturated heterocycles. The molecule has 0 aliphatic carbocycles. The van der Waals surface area contributed by atoms with E-state index in [-0.39, 0.29) is 30.4 Å². The van der Waals surface area contributed by atoms with Crippen molar-refractivity contribution in [1.29, 1.82) is 0 Å². The summed E-state index contributed by atoms with van der Waals surface area (Å²) in [6.45, 7) is 2.12. The van der Waals surface area contributed by atoms with Gasteiger partial charge in [-0.25, -0.2) is 12.8 Å². The van der Waals surface area contributed by atoms with Crippen LogP contribution in [-0.4, -0.2) is 43.5 Å². The Bertz CT molecular complexity index is 1360. The number of sulfonamides is 1. The summed E-state index contributed by atoms with van der Waals surface area (Å²) in [5.74, 6) is -0.952. The van der Waals surface area contributed by atoms with Crippen LogP contribution in [0.1, 0.15) is 35.6 Å². The van der Waals surface area contributed by atoms with E-state index < -0.39 is 33.5 Å². The fourth-order valence-electron chi connectivity index (χ4n) is 4.74. The molecule has 0 radical (unpaired) electrons. The van der Waals surface area contributed by atoms with Gasteiger partial charge in [0.1, 0.15) is 12.4 Å². The summed E-state index contributed by atoms with van der Waals surface area (Å²) in [5.41, 5.74) is 1.40. The molecule has 4 rings (SSSR count). The van der Waals surface area contributed by atoms with Crippen molar-refractivity contribution in [2.24, 2.45) is 0 Å². The molecular weight excluding hydrogens is 488 g/mol. The summed E-state index contributed by atoms with van der Waals surface area (Å²) in [7, 11) is -2.68. The molecule has 0 saturated carbocycles. The van der Waals surface area contributed by atoms with Crippen LogP contribution >= 0.6 is 0 Å². The zero-order valence-electron chi connectivity index (χ0n) is 19.1. The Morgan fingerprint density at radius 2 is 1.71 bits per heavy atom. The molecule has 0 amide bonds. The second kappa shape index (κ2) is 9.27. The van der Waals surface area contributed by atoms with Gasteiger partial charge in [0.05, 0.1) is 17.6 Å². The predicted molar refractivity (Wildman–Crippen MR) is 121 cm³/mol. The molecule has 0 unspecified atom stereocenters. The van der Waals surface area contributed by atoms with Crippen molar-refractivity contribution in [3.8, 4) is 0 Å². The summed E-state index contributed by atoms with van der Waals surface area (Å²) >= 11 is 0. The summed E-state index contributed by atoms with van der Waals surface area (Å²) < 4.78 is 86.4. The van der Waals surface area contributed by atoms with Gasteiger partial charge in [0.25, 0.3) is 0 Å². The van der Waals surface area contributed by atoms with E-state index in [2.05, 4.69) is 0 Å². The number of methoxy groups -OCH3 is 1. The van der Waals surface area contributed by atoms with Crippen LogP contribution in [0.15, 0.2) is 47.4 Å². The maximum Gasteiger partial charge on any atom is 0.416 e. The maximum atomic E-state index is 14.1. The van der Waals surface area contributed by atoms with Gasteiger partial charge in [-0.1, -0.05) is 0 Å². The highest BCUT2D eigenvalue weighted by Crippen LogP contribution is 2.39. The molecule has 0 atom stereocenters. The van der Waals surface area contributed by atoms with Gasteiger partial charge < -0.3 is 9.30 Å². The second-order valence-electron chi connectivity index (χ2n) is 8.52. The first-order chi connectivity index (χ1) is 16.4. The highest BCUT2D eigenvalue weighted by atomic mass is 32.2. The van der Waals surface area contributed by atoms with Crippen molar-refractivity contribution >= 4 is 26.9 Å². The fourth-order valence-corrected chi connectivity index (χ4v) is 6.21. The van der Waals surface area contributed by atoms with Crippen molar-refractivity contribution in [1.82, 2.24) is 8.87 Å². The van der Waals surface area contributed by atoms with Crippen LogP contribution < -0.4 is 0 Å². The van der Waals surface area contributed by atoms with E-state index in [4.69, 9.17) is 4.74 Å². The zero-order chi connectivity index (χ0) is 25.5. The number of benzene rings is 2. The lowest BCUT2D eigenvalue weighted by atomic mass is 9.88. The molecule has 0 N–H and O–H groups in total. The lowest BCUT2D eigenvalue weighted by Crippen LogP contribution is -2.38. The summed E-state index contributed by atoms with van der Waals surface area (Å²) in [6.07, 6.45) is -3.67. The minimum Gasteiger partial charge on any atom is -0.468 e. The van der Waals surface area contributed by atoms with E-state index in [1.165, 1.54) is 23.5 Å². The molecule has 2 heterocycles. The minimum absolute atomic E-state index is 0.0361. The molecule has 0 spiro atoms. The van der Waals surface area contributed by atoms with Gasteiger partial charge in [0.15, 0.2) is 0 Å². The number of esters is 1. The Kier molecular flexibility index (Phi) is 6.67. The largest absolute Gasteiger partial charge is 0.468 e. The van der Waals surface area contributed by atoms with Gasteiger partial charge in [-0.2, -0.15) is 17.5 Å². The van der Waals surface area contributed by atoms with Crippen LogP contribution in [0, 0.1) is 12.7 Å². The van der Waals surface area contributed by atoms with Gasteiger partial charge in [-0.15, -0.1) is 0 Å². The third-order valence-corrected chi connectivity index (χ3v) is 8.44. The number of alkyl halides is 3. The van der Waals surface area contributed by atoms with Gasteiger partial charge in [-0.05, 0) is 73.7 Å². The normalized spacial score (nSPS) is 16.1. The van der Waals surface area contributed by atoms with Crippen molar-refractivity contribution in [3.63, 3.8) is 0 Å². The molecule has 2 aromatic carbocycles. The number of hydrogen-bond acceptors (Lipinski definition) is 4. The van der Waals surface area contributed by atoms with E-state index >= 15 is 0 Å². The van der Waals surface area contributed by atoms with Gasteiger partial charge in [0, 0.05) is 29.7 Å². The van der Waals surface area contributed by atoms with Crippen LogP contribution in [0.25, 0.3) is 10.9 Å². The third-order valence-electron chi connectivity index (χ3n) is 6.53. The van der Waals surface area contributed by atoms with Crippen LogP contribution in [0.4, 0.5) is 17.6 Å². The Morgan fingerprint density at radius 3 is 2.29 bits per heavy atom. The topological polar surface area (TPSA) is 68.6 Å². The molecule has 35 heavy (non-hydrogen) atoms. The fraction of sp³-hybridized carbons (Fsp3) is 0.375. The number of ether oxygens (including phenoxy) is 1. The summed E-state index contributed by atoms with van der Waals surface area (Å²) in [5, 5.41) is 0.662. The number of carbonyl (C=O) groups excluding carboxylic acids is 1. The number of nitrogens with zero attached hydrogens (tertiary/aromatic N) is 2. The lowest BCUT2D eigenvalue weighted by Gasteiger charge is -2.31. The molecule has 1 fully saturated rings. The molecule has 1 aliphatic heterocycles. The first-order valence-electron chi connectivity index (χ1n) is 11.0. The zero-order valence-corrected chi connectivity index (χ0v) is 19.9. The molecule has 6 nitrogen and oxygen atoms in total. The minimum atomic E-state index is -4.55. The monoisotopic (exact) mass is 512 g/mol. The Hall–Kier alpha value is -2.92. The standard InChI is InChI=1S/C24H24F4N2O4S/c1-15-23(20-13-18(25)5-8-21(20)30(15)14-22(31)34-2)16-9-11-29(12-10-16)35(32,33)19-6-3-17(4-7-19)24(26,27)28/h3-8,13,16H,9-12,14H2,1-2H3. The maximum absolute atomic E-state index is 14.1. The van der Waals surface area contributed by atoms with Gasteiger partial charge in [-0.3, -0.25) is 4.79 Å². The number of halogens is 4. The van der Waals surface area contributed by atoms with Crippen LogP contribution in [0.2, 0.25) is 0 Å². The predicted octanol–water partition coefficient (Wildman–Crippen LogP) is 4.85. The average molecular weight is 513 g/mol. The molecule has 1 aromatic heterocycles. The van der Waals surface area contributed by atoms with Gasteiger partial charge in [0.2, 0.25) is 10.0 Å². The Balaban J connectivity index is 1.59. The first kappa shape index (κ1) is 25.2. The number of fused-ring (bicyclic) bond motifs is 1. The van der Waals surface area contributed by atoms with Crippen molar-refractivity contribution in [2.75, 3.05) is 20.2 Å². The Morgan fingerprint density at radius 1 is 1.09 bits per heavy atom. The van der Waals surface area contributed by atoms with E-state index in [1.807, 2.05) is 6.92 Å². The molecule has 188 valence electrons. The van der Waals surface area contributed by atoms with Crippen LogP contribution in [0.3, 0.4) is 0 Å². The van der Waals surface area contributed by atoms with Crippen LogP contribution in [-0.2, 0) is 32.3 Å². The number of carbonyl (C=O) groups is 1. The number of hydrogen-bond donors (Lipinski definition) is 0. The highest BCUT2D eigenvalue weighted by molar-refractivity contribution is 7.89. The lowest BCUT2D eigenvalue weighted by molar-refractivity contribution is -0.141. The van der Waals surface area contributed by atoms with E-state index in [0.29, 0.717) is 23.7 Å². The molecular formula is C24H24F4N2O4S. The van der Waals surface area contributed by atoms with Crippen molar-refractivity contribution < 1.29 is 35.5 Å². The van der Waals surface area contributed by atoms with E-state index in [1.54, 1.807) is 10.6 Å². The number of piperidine rings is 1. The number of aromatic nitrogens is 1. The van der Waals surface area contributed by atoms with Crippen LogP contribution in [0.5, 0.6) is 0 Å². The SMILES string of the molecule is COC(=O)Cn1c(C)c(C2CCN(S(=O)(=O)c3ccc(C(F)(F)F)cc3)CC2)c2cc(F)ccc21. The molecule has 3 aromatic rings. The smallest absolute Gasteiger partial charge is 0.416 e. The number of rotatable bonds is 5. The summed E-state index contributed by atoms with van der Waals surface area (Å²) in [4.78, 5) is 11.7. The highest BCUT2D eigenvalue weighted by Gasteiger charge is 2.34. The Labute approximate surface area is 200 Å². The quantitative estimate of drug-likeness (QED) is 0.362. The van der Waals surface area contributed by atoms with Gasteiger partial charge >= 0.3 is 12.1 Å². The van der Waals surface area contributed by atoms with Crippen molar-refractivity contribution in [3.05, 3.63) is 65.1 Å². The average Bonchev–Trinajstić information content (AvgIpc) is 3.08.